The zero-order chi connectivity index (χ0) is 17.4. The molecule has 1 aromatic heterocycles. The van der Waals surface area contributed by atoms with E-state index >= 15 is 0 Å². The Morgan fingerprint density at radius 3 is 2.60 bits per heavy atom. The Morgan fingerprint density at radius 1 is 1.08 bits per heavy atom. The second-order valence-corrected chi connectivity index (χ2v) is 6.88. The summed E-state index contributed by atoms with van der Waals surface area (Å²) in [7, 11) is 0. The van der Waals surface area contributed by atoms with Crippen LogP contribution in [0.2, 0.25) is 10.0 Å². The van der Waals surface area contributed by atoms with Gasteiger partial charge in [0, 0.05) is 16.6 Å². The molecule has 1 aliphatic carbocycles. The molecule has 1 aliphatic rings. The Kier molecular flexibility index (Phi) is 4.24. The number of nitrogens with one attached hydrogen (secondary N) is 1. The van der Waals surface area contributed by atoms with Crippen molar-refractivity contribution in [1.82, 2.24) is 15.1 Å². The maximum atomic E-state index is 12.7. The van der Waals surface area contributed by atoms with Crippen LogP contribution in [0.5, 0.6) is 0 Å². The van der Waals surface area contributed by atoms with Crippen molar-refractivity contribution in [2.75, 3.05) is 0 Å². The summed E-state index contributed by atoms with van der Waals surface area (Å²) in [4.78, 5) is 12.7. The molecule has 1 amide bonds. The lowest BCUT2D eigenvalue weighted by Gasteiger charge is -2.08. The zero-order valence-electron chi connectivity index (χ0n) is 13.2. The quantitative estimate of drug-likeness (QED) is 0.719. The van der Waals surface area contributed by atoms with Gasteiger partial charge in [-0.05, 0) is 43.2 Å². The minimum Gasteiger partial charge on any atom is -0.348 e. The number of rotatable bonds is 4. The molecule has 0 spiro atoms. The molecule has 25 heavy (non-hydrogen) atoms. The van der Waals surface area contributed by atoms with Crippen molar-refractivity contribution >= 4 is 29.1 Å². The van der Waals surface area contributed by atoms with Gasteiger partial charge in [0.25, 0.3) is 5.91 Å². The van der Waals surface area contributed by atoms with Gasteiger partial charge in [-0.1, -0.05) is 47.5 Å². The summed E-state index contributed by atoms with van der Waals surface area (Å²) >= 11 is 12.4. The van der Waals surface area contributed by atoms with E-state index < -0.39 is 0 Å². The third-order valence-electron chi connectivity index (χ3n) is 4.06. The van der Waals surface area contributed by atoms with Gasteiger partial charge in [-0.2, -0.15) is 5.10 Å². The molecule has 0 unspecified atom stereocenters. The number of halogens is 2. The molecule has 0 atom stereocenters. The maximum absolute atomic E-state index is 12.7. The van der Waals surface area contributed by atoms with Crippen molar-refractivity contribution in [2.24, 2.45) is 0 Å². The first kappa shape index (κ1) is 16.2. The highest BCUT2D eigenvalue weighted by atomic mass is 35.5. The Labute approximate surface area is 155 Å². The van der Waals surface area contributed by atoms with E-state index in [1.54, 1.807) is 28.9 Å². The van der Waals surface area contributed by atoms with Crippen LogP contribution < -0.4 is 5.32 Å². The van der Waals surface area contributed by atoms with E-state index in [-0.39, 0.29) is 11.9 Å². The lowest BCUT2D eigenvalue weighted by Crippen LogP contribution is -2.27. The molecule has 1 N–H and O–H groups in total. The van der Waals surface area contributed by atoms with Crippen molar-refractivity contribution in [3.8, 4) is 16.9 Å². The standard InChI is InChI=1S/C19H15Cl2N3O/c20-12-4-3-5-14(10-12)24-18(19(25)22-13-8-9-13)11-17(23-24)15-6-1-2-7-16(15)21/h1-7,10-11,13H,8-9H2,(H,22,25). The van der Waals surface area contributed by atoms with E-state index in [9.17, 15) is 4.79 Å². The van der Waals surface area contributed by atoms with Crippen LogP contribution in [0.15, 0.2) is 54.6 Å². The van der Waals surface area contributed by atoms with Gasteiger partial charge in [-0.15, -0.1) is 0 Å². The first-order chi connectivity index (χ1) is 12.1. The van der Waals surface area contributed by atoms with E-state index in [1.165, 1.54) is 0 Å². The zero-order valence-corrected chi connectivity index (χ0v) is 14.8. The fourth-order valence-corrected chi connectivity index (χ4v) is 3.05. The molecular formula is C19H15Cl2N3O. The van der Waals surface area contributed by atoms with Gasteiger partial charge in [0.05, 0.1) is 16.4 Å². The highest BCUT2D eigenvalue weighted by Gasteiger charge is 2.26. The molecule has 3 aromatic rings. The van der Waals surface area contributed by atoms with E-state index in [0.717, 1.165) is 24.1 Å². The van der Waals surface area contributed by atoms with Crippen LogP contribution in [0.3, 0.4) is 0 Å². The lowest BCUT2D eigenvalue weighted by molar-refractivity contribution is 0.0943. The van der Waals surface area contributed by atoms with E-state index in [1.807, 2.05) is 30.3 Å². The second kappa shape index (κ2) is 6.54. The first-order valence-electron chi connectivity index (χ1n) is 8.03. The van der Waals surface area contributed by atoms with Crippen LogP contribution in [-0.4, -0.2) is 21.7 Å². The summed E-state index contributed by atoms with van der Waals surface area (Å²) in [5.74, 6) is -0.145. The van der Waals surface area contributed by atoms with Gasteiger partial charge in [0.1, 0.15) is 5.69 Å². The lowest BCUT2D eigenvalue weighted by atomic mass is 10.1. The van der Waals surface area contributed by atoms with Crippen molar-refractivity contribution in [1.29, 1.82) is 0 Å². The Hall–Kier alpha value is -2.30. The van der Waals surface area contributed by atoms with Crippen molar-refractivity contribution < 1.29 is 4.79 Å². The molecule has 1 saturated carbocycles. The Morgan fingerprint density at radius 2 is 1.88 bits per heavy atom. The van der Waals surface area contributed by atoms with E-state index in [2.05, 4.69) is 10.4 Å². The molecule has 1 fully saturated rings. The van der Waals surface area contributed by atoms with Crippen molar-refractivity contribution in [3.63, 3.8) is 0 Å². The average Bonchev–Trinajstić information content (AvgIpc) is 3.30. The predicted molar refractivity (Wildman–Crippen MR) is 99.5 cm³/mol. The van der Waals surface area contributed by atoms with Crippen LogP contribution in [-0.2, 0) is 0 Å². The molecule has 0 radical (unpaired) electrons. The van der Waals surface area contributed by atoms with Crippen LogP contribution in [0.25, 0.3) is 16.9 Å². The smallest absolute Gasteiger partial charge is 0.270 e. The molecule has 4 rings (SSSR count). The van der Waals surface area contributed by atoms with E-state index in [0.29, 0.717) is 21.4 Å². The van der Waals surface area contributed by atoms with Gasteiger partial charge in [-0.3, -0.25) is 4.79 Å². The summed E-state index contributed by atoms with van der Waals surface area (Å²) in [6.45, 7) is 0. The Bertz CT molecular complexity index is 947. The number of benzene rings is 2. The maximum Gasteiger partial charge on any atom is 0.270 e. The highest BCUT2D eigenvalue weighted by molar-refractivity contribution is 6.33. The normalized spacial score (nSPS) is 13.7. The second-order valence-electron chi connectivity index (χ2n) is 6.03. The summed E-state index contributed by atoms with van der Waals surface area (Å²) in [6, 6.07) is 16.7. The largest absolute Gasteiger partial charge is 0.348 e. The average molecular weight is 372 g/mol. The highest BCUT2D eigenvalue weighted by Crippen LogP contribution is 2.29. The minimum absolute atomic E-state index is 0.145. The summed E-state index contributed by atoms with van der Waals surface area (Å²) in [5, 5.41) is 8.80. The minimum atomic E-state index is -0.145. The molecule has 6 heteroatoms. The topological polar surface area (TPSA) is 46.9 Å². The fraction of sp³-hybridized carbons (Fsp3) is 0.158. The number of aromatic nitrogens is 2. The number of nitrogens with zero attached hydrogens (tertiary/aromatic N) is 2. The SMILES string of the molecule is O=C(NC1CC1)c1cc(-c2ccccc2Cl)nn1-c1cccc(Cl)c1. The van der Waals surface area contributed by atoms with Gasteiger partial charge >= 0.3 is 0 Å². The molecule has 1 heterocycles. The molecule has 126 valence electrons. The molecule has 0 saturated heterocycles. The number of hydrogen-bond acceptors (Lipinski definition) is 2. The molecule has 0 aliphatic heterocycles. The molecular weight excluding hydrogens is 357 g/mol. The first-order valence-corrected chi connectivity index (χ1v) is 8.79. The number of carbonyl (C=O) groups is 1. The third kappa shape index (κ3) is 3.41. The van der Waals surface area contributed by atoms with Crippen LogP contribution >= 0.6 is 23.2 Å². The van der Waals surface area contributed by atoms with Gasteiger partial charge in [0.15, 0.2) is 0 Å². The third-order valence-corrected chi connectivity index (χ3v) is 4.62. The number of hydrogen-bond donors (Lipinski definition) is 1. The van der Waals surface area contributed by atoms with Gasteiger partial charge in [0.2, 0.25) is 0 Å². The molecule has 4 nitrogen and oxygen atoms in total. The Balaban J connectivity index is 1.82. The van der Waals surface area contributed by atoms with Gasteiger partial charge < -0.3 is 5.32 Å². The predicted octanol–water partition coefficient (Wildman–Crippen LogP) is 4.74. The van der Waals surface area contributed by atoms with Gasteiger partial charge in [-0.25, -0.2) is 4.68 Å². The van der Waals surface area contributed by atoms with Crippen LogP contribution in [0.1, 0.15) is 23.3 Å². The van der Waals surface area contributed by atoms with Crippen LogP contribution in [0, 0.1) is 0 Å². The van der Waals surface area contributed by atoms with Crippen molar-refractivity contribution in [3.05, 3.63) is 70.3 Å². The summed E-state index contributed by atoms with van der Waals surface area (Å²) in [5.41, 5.74) is 2.62. The monoisotopic (exact) mass is 371 g/mol. The molecule has 2 aromatic carbocycles. The van der Waals surface area contributed by atoms with E-state index in [4.69, 9.17) is 23.2 Å². The summed E-state index contributed by atoms with van der Waals surface area (Å²) < 4.78 is 1.61. The number of amides is 1. The van der Waals surface area contributed by atoms with Crippen molar-refractivity contribution in [2.45, 2.75) is 18.9 Å². The van der Waals surface area contributed by atoms with Crippen LogP contribution in [0.4, 0.5) is 0 Å². The number of carbonyl (C=O) groups excluding carboxylic acids is 1. The molecule has 0 bridgehead atoms. The fourth-order valence-electron chi connectivity index (χ4n) is 2.64. The summed E-state index contributed by atoms with van der Waals surface area (Å²) in [6.07, 6.45) is 2.04.